The van der Waals surface area contributed by atoms with E-state index in [0.717, 1.165) is 13.2 Å². The average Bonchev–Trinajstić information content (AvgIpc) is 2.03. The zero-order valence-corrected chi connectivity index (χ0v) is 5.72. The summed E-state index contributed by atoms with van der Waals surface area (Å²) in [6.45, 7) is 2.91. The van der Waals surface area contributed by atoms with Crippen molar-refractivity contribution >= 4 is 6.41 Å². The van der Waals surface area contributed by atoms with Crippen molar-refractivity contribution in [2.75, 3.05) is 26.3 Å². The van der Waals surface area contributed by atoms with E-state index >= 15 is 0 Å². The molecule has 10 heavy (non-hydrogen) atoms. The minimum atomic E-state index is 0.259. The Morgan fingerprint density at radius 2 is 2.70 bits per heavy atom. The summed E-state index contributed by atoms with van der Waals surface area (Å²) in [7, 11) is 0. The highest BCUT2D eigenvalue weighted by atomic mass is 16.5. The van der Waals surface area contributed by atoms with Crippen molar-refractivity contribution in [3.8, 4) is 0 Å². The molecule has 2 N–H and O–H groups in total. The summed E-state index contributed by atoms with van der Waals surface area (Å²) in [4.78, 5) is 9.74. The maximum Gasteiger partial charge on any atom is 0.309 e. The molecular formula is C6H11N2O2. The number of hydrogen-bond acceptors (Lipinski definition) is 3. The Labute approximate surface area is 59.9 Å². The van der Waals surface area contributed by atoms with Gasteiger partial charge in [-0.2, -0.15) is 0 Å². The van der Waals surface area contributed by atoms with Gasteiger partial charge in [0.05, 0.1) is 13.2 Å². The third kappa shape index (κ3) is 2.33. The van der Waals surface area contributed by atoms with E-state index in [4.69, 9.17) is 4.74 Å². The Kier molecular flexibility index (Phi) is 3.18. The van der Waals surface area contributed by atoms with Crippen molar-refractivity contribution in [2.45, 2.75) is 6.04 Å². The van der Waals surface area contributed by atoms with Crippen LogP contribution in [0.3, 0.4) is 0 Å². The smallest absolute Gasteiger partial charge is 0.309 e. The van der Waals surface area contributed by atoms with Gasteiger partial charge in [-0.1, -0.05) is 0 Å². The zero-order chi connectivity index (χ0) is 7.23. The summed E-state index contributed by atoms with van der Waals surface area (Å²) in [6.07, 6.45) is 1.62. The fourth-order valence-electron chi connectivity index (χ4n) is 0.916. The topological polar surface area (TPSA) is 50.4 Å². The molecule has 0 spiro atoms. The van der Waals surface area contributed by atoms with Crippen molar-refractivity contribution in [1.29, 1.82) is 0 Å². The van der Waals surface area contributed by atoms with E-state index in [1.165, 1.54) is 0 Å². The summed E-state index contributed by atoms with van der Waals surface area (Å²) < 4.78 is 5.15. The van der Waals surface area contributed by atoms with Gasteiger partial charge < -0.3 is 15.4 Å². The van der Waals surface area contributed by atoms with Crippen molar-refractivity contribution in [3.05, 3.63) is 0 Å². The second-order valence-electron chi connectivity index (χ2n) is 2.21. The van der Waals surface area contributed by atoms with Crippen LogP contribution in [0, 0.1) is 0 Å². The van der Waals surface area contributed by atoms with Crippen LogP contribution in [0.4, 0.5) is 0 Å². The Morgan fingerprint density at radius 3 is 3.30 bits per heavy atom. The number of nitrogens with one attached hydrogen (secondary N) is 2. The predicted molar refractivity (Wildman–Crippen MR) is 36.3 cm³/mol. The van der Waals surface area contributed by atoms with Gasteiger partial charge in [-0.05, 0) is 0 Å². The first-order valence-electron chi connectivity index (χ1n) is 3.34. The Morgan fingerprint density at radius 1 is 1.80 bits per heavy atom. The molecule has 4 heteroatoms. The Hall–Kier alpha value is -0.610. The third-order valence-electron chi connectivity index (χ3n) is 1.42. The molecule has 0 aliphatic carbocycles. The van der Waals surface area contributed by atoms with E-state index < -0.39 is 0 Å². The molecule has 0 bridgehead atoms. The van der Waals surface area contributed by atoms with Crippen molar-refractivity contribution in [2.24, 2.45) is 0 Å². The lowest BCUT2D eigenvalue weighted by molar-refractivity contribution is 0.0781. The summed E-state index contributed by atoms with van der Waals surface area (Å²) in [6, 6.07) is 0.259. The van der Waals surface area contributed by atoms with Crippen molar-refractivity contribution < 1.29 is 9.53 Å². The first-order valence-corrected chi connectivity index (χ1v) is 3.34. The molecule has 1 aliphatic heterocycles. The van der Waals surface area contributed by atoms with Gasteiger partial charge in [0.15, 0.2) is 0 Å². The molecule has 0 aromatic carbocycles. The third-order valence-corrected chi connectivity index (χ3v) is 1.42. The minimum Gasteiger partial charge on any atom is -0.378 e. The van der Waals surface area contributed by atoms with Crippen LogP contribution in [0.5, 0.6) is 0 Å². The Bertz CT molecular complexity index is 102. The van der Waals surface area contributed by atoms with Crippen LogP contribution in [-0.4, -0.2) is 38.8 Å². The molecular weight excluding hydrogens is 132 g/mol. The van der Waals surface area contributed by atoms with Crippen LogP contribution in [0.2, 0.25) is 0 Å². The van der Waals surface area contributed by atoms with Gasteiger partial charge in [-0.25, -0.2) is 0 Å². The monoisotopic (exact) mass is 143 g/mol. The second kappa shape index (κ2) is 4.24. The molecule has 4 nitrogen and oxygen atoms in total. The number of carbonyl (C=O) groups excluding carboxylic acids is 1. The van der Waals surface area contributed by atoms with Gasteiger partial charge in [-0.3, -0.25) is 4.79 Å². The molecule has 0 aromatic rings. The van der Waals surface area contributed by atoms with Gasteiger partial charge in [0, 0.05) is 19.1 Å². The van der Waals surface area contributed by atoms with Crippen molar-refractivity contribution in [3.63, 3.8) is 0 Å². The maximum absolute atomic E-state index is 9.74. The molecule has 1 radical (unpaired) electrons. The highest BCUT2D eigenvalue weighted by Crippen LogP contribution is 1.89. The van der Waals surface area contributed by atoms with Crippen LogP contribution in [0.15, 0.2) is 0 Å². The molecule has 1 fully saturated rings. The van der Waals surface area contributed by atoms with Gasteiger partial charge >= 0.3 is 6.41 Å². The van der Waals surface area contributed by atoms with Crippen LogP contribution >= 0.6 is 0 Å². The standard InChI is InChI=1S/C6H11N2O2/c9-5-7-3-6-4-10-2-1-8-6/h6,8H,1-4H2,(H,7,9). The molecule has 1 atom stereocenters. The van der Waals surface area contributed by atoms with E-state index in [0.29, 0.717) is 13.2 Å². The average molecular weight is 143 g/mol. The minimum absolute atomic E-state index is 0.259. The molecule has 1 unspecified atom stereocenters. The van der Waals surface area contributed by atoms with Gasteiger partial charge in [0.25, 0.3) is 0 Å². The zero-order valence-electron chi connectivity index (χ0n) is 5.72. The van der Waals surface area contributed by atoms with E-state index in [9.17, 15) is 4.79 Å². The predicted octanol–water partition coefficient (Wildman–Crippen LogP) is -1.37. The first-order chi connectivity index (χ1) is 4.93. The quantitative estimate of drug-likeness (QED) is 0.479. The van der Waals surface area contributed by atoms with E-state index in [-0.39, 0.29) is 6.04 Å². The summed E-state index contributed by atoms with van der Waals surface area (Å²) in [5.41, 5.74) is 0. The first kappa shape index (κ1) is 7.50. The van der Waals surface area contributed by atoms with Gasteiger partial charge in [0.2, 0.25) is 0 Å². The molecule has 0 saturated carbocycles. The van der Waals surface area contributed by atoms with E-state index in [2.05, 4.69) is 10.6 Å². The fourth-order valence-corrected chi connectivity index (χ4v) is 0.916. The van der Waals surface area contributed by atoms with Crippen LogP contribution in [0.1, 0.15) is 0 Å². The molecule has 0 aromatic heterocycles. The lowest BCUT2D eigenvalue weighted by Gasteiger charge is -2.22. The molecule has 1 heterocycles. The van der Waals surface area contributed by atoms with Gasteiger partial charge in [0.1, 0.15) is 0 Å². The van der Waals surface area contributed by atoms with Crippen LogP contribution < -0.4 is 10.6 Å². The lowest BCUT2D eigenvalue weighted by atomic mass is 10.3. The van der Waals surface area contributed by atoms with E-state index in [1.54, 1.807) is 6.41 Å². The number of rotatable bonds is 3. The van der Waals surface area contributed by atoms with Gasteiger partial charge in [-0.15, -0.1) is 0 Å². The summed E-state index contributed by atoms with van der Waals surface area (Å²) in [5.74, 6) is 0. The summed E-state index contributed by atoms with van der Waals surface area (Å²) in [5, 5.41) is 5.66. The molecule has 1 saturated heterocycles. The SMILES string of the molecule is O=[C]NCC1COCCN1. The number of hydrogen-bond donors (Lipinski definition) is 2. The van der Waals surface area contributed by atoms with Crippen LogP contribution in [-0.2, 0) is 9.53 Å². The maximum atomic E-state index is 9.74. The molecule has 1 rings (SSSR count). The Balaban J connectivity index is 2.07. The fraction of sp³-hybridized carbons (Fsp3) is 0.833. The summed E-state index contributed by atoms with van der Waals surface area (Å²) >= 11 is 0. The largest absolute Gasteiger partial charge is 0.378 e. The number of morpholine rings is 1. The van der Waals surface area contributed by atoms with Crippen LogP contribution in [0.25, 0.3) is 0 Å². The highest BCUT2D eigenvalue weighted by Gasteiger charge is 2.11. The molecule has 1 aliphatic rings. The molecule has 1 amide bonds. The number of ether oxygens (including phenoxy) is 1. The second-order valence-corrected chi connectivity index (χ2v) is 2.21. The lowest BCUT2D eigenvalue weighted by Crippen LogP contribution is -2.46. The van der Waals surface area contributed by atoms with E-state index in [1.807, 2.05) is 0 Å². The highest BCUT2D eigenvalue weighted by molar-refractivity contribution is 5.47. The molecule has 57 valence electrons. The number of amides is 1. The van der Waals surface area contributed by atoms with Crippen molar-refractivity contribution in [1.82, 2.24) is 10.6 Å². The normalized spacial score (nSPS) is 25.8.